The molecule has 1 nitrogen and oxygen atoms in total. The fourth-order valence-electron chi connectivity index (χ4n) is 1.42. The molecule has 0 heterocycles. The van der Waals surface area contributed by atoms with Crippen LogP contribution in [0.15, 0.2) is 18.2 Å². The van der Waals surface area contributed by atoms with E-state index in [0.717, 1.165) is 17.4 Å². The minimum absolute atomic E-state index is 0.158. The number of hydrogen-bond acceptors (Lipinski definition) is 1. The summed E-state index contributed by atoms with van der Waals surface area (Å²) in [5, 5.41) is 0. The third-order valence-corrected chi connectivity index (χ3v) is 2.23. The summed E-state index contributed by atoms with van der Waals surface area (Å²) in [6, 6.07) is 5.07. The smallest absolute Gasteiger partial charge is 0.126 e. The van der Waals surface area contributed by atoms with Crippen molar-refractivity contribution in [2.45, 2.75) is 32.6 Å². The van der Waals surface area contributed by atoms with E-state index in [1.807, 2.05) is 19.9 Å². The predicted molar refractivity (Wildman–Crippen MR) is 54.9 cm³/mol. The van der Waals surface area contributed by atoms with Crippen molar-refractivity contribution in [1.29, 1.82) is 0 Å². The van der Waals surface area contributed by atoms with Crippen LogP contribution in [0.1, 0.15) is 37.3 Å². The molecule has 0 aliphatic heterocycles. The lowest BCUT2D eigenvalue weighted by molar-refractivity contribution is -0.107. The first kappa shape index (κ1) is 10.9. The highest BCUT2D eigenvalue weighted by Gasteiger charge is 2.06. The number of benzene rings is 1. The molecule has 2 heteroatoms. The lowest BCUT2D eigenvalue weighted by Crippen LogP contribution is -1.96. The van der Waals surface area contributed by atoms with Gasteiger partial charge in [0.25, 0.3) is 0 Å². The lowest BCUT2D eigenvalue weighted by atomic mass is 9.98. The molecule has 0 bridgehead atoms. The summed E-state index contributed by atoms with van der Waals surface area (Å²) in [5.74, 6) is 0.0287. The van der Waals surface area contributed by atoms with Crippen LogP contribution in [0.2, 0.25) is 0 Å². The Morgan fingerprint density at radius 2 is 2.14 bits per heavy atom. The highest BCUT2D eigenvalue weighted by Crippen LogP contribution is 2.20. The molecule has 0 saturated carbocycles. The number of aldehydes is 1. The Morgan fingerprint density at radius 3 is 2.71 bits per heavy atom. The largest absolute Gasteiger partial charge is 0.303 e. The van der Waals surface area contributed by atoms with Crippen molar-refractivity contribution >= 4 is 6.29 Å². The summed E-state index contributed by atoms with van der Waals surface area (Å²) in [6.45, 7) is 3.92. The zero-order valence-electron chi connectivity index (χ0n) is 8.59. The van der Waals surface area contributed by atoms with Gasteiger partial charge >= 0.3 is 0 Å². The van der Waals surface area contributed by atoms with Crippen LogP contribution < -0.4 is 0 Å². The molecule has 0 aliphatic rings. The van der Waals surface area contributed by atoms with E-state index in [1.54, 1.807) is 6.07 Å². The highest BCUT2D eigenvalue weighted by molar-refractivity contribution is 5.50. The summed E-state index contributed by atoms with van der Waals surface area (Å²) in [5.41, 5.74) is 1.76. The van der Waals surface area contributed by atoms with Crippen molar-refractivity contribution in [2.75, 3.05) is 0 Å². The molecule has 1 aromatic carbocycles. The first-order valence-electron chi connectivity index (χ1n) is 4.87. The summed E-state index contributed by atoms with van der Waals surface area (Å²) in [6.07, 6.45) is 2.09. The maximum absolute atomic E-state index is 13.3. The van der Waals surface area contributed by atoms with Gasteiger partial charge in [-0.15, -0.1) is 0 Å². The van der Waals surface area contributed by atoms with E-state index >= 15 is 0 Å². The summed E-state index contributed by atoms with van der Waals surface area (Å²) >= 11 is 0. The van der Waals surface area contributed by atoms with Gasteiger partial charge in [0, 0.05) is 6.42 Å². The van der Waals surface area contributed by atoms with E-state index in [9.17, 15) is 9.18 Å². The molecule has 0 radical (unpaired) electrons. The maximum atomic E-state index is 13.3. The fourth-order valence-corrected chi connectivity index (χ4v) is 1.42. The van der Waals surface area contributed by atoms with Crippen LogP contribution in [0.3, 0.4) is 0 Å². The molecule has 0 unspecified atom stereocenters. The van der Waals surface area contributed by atoms with Crippen molar-refractivity contribution in [3.8, 4) is 0 Å². The average molecular weight is 194 g/mol. The van der Waals surface area contributed by atoms with Gasteiger partial charge in [0.05, 0.1) is 0 Å². The molecule has 0 saturated heterocycles. The number of hydrogen-bond donors (Lipinski definition) is 0. The SMILES string of the molecule is CC(C)c1cc(CCC=O)ccc1F. The quantitative estimate of drug-likeness (QED) is 0.673. The molecule has 0 N–H and O–H groups in total. The van der Waals surface area contributed by atoms with Gasteiger partial charge in [0.1, 0.15) is 12.1 Å². The zero-order valence-corrected chi connectivity index (χ0v) is 8.59. The Hall–Kier alpha value is -1.18. The fraction of sp³-hybridized carbons (Fsp3) is 0.417. The minimum Gasteiger partial charge on any atom is -0.303 e. The lowest BCUT2D eigenvalue weighted by Gasteiger charge is -2.08. The van der Waals surface area contributed by atoms with Gasteiger partial charge in [0.15, 0.2) is 0 Å². The second-order valence-electron chi connectivity index (χ2n) is 3.72. The minimum atomic E-state index is -0.158. The Labute approximate surface area is 83.9 Å². The van der Waals surface area contributed by atoms with Gasteiger partial charge in [-0.05, 0) is 29.5 Å². The number of carbonyl (C=O) groups excluding carboxylic acids is 1. The first-order chi connectivity index (χ1) is 6.65. The van der Waals surface area contributed by atoms with E-state index in [1.165, 1.54) is 6.07 Å². The number of halogens is 1. The van der Waals surface area contributed by atoms with E-state index in [-0.39, 0.29) is 11.7 Å². The molecule has 0 aromatic heterocycles. The monoisotopic (exact) mass is 194 g/mol. The van der Waals surface area contributed by atoms with E-state index < -0.39 is 0 Å². The van der Waals surface area contributed by atoms with Gasteiger partial charge < -0.3 is 4.79 Å². The van der Waals surface area contributed by atoms with Crippen LogP contribution in [-0.4, -0.2) is 6.29 Å². The van der Waals surface area contributed by atoms with Crippen LogP contribution in [0.4, 0.5) is 4.39 Å². The molecular weight excluding hydrogens is 179 g/mol. The van der Waals surface area contributed by atoms with Crippen LogP contribution in [0, 0.1) is 5.82 Å². The molecule has 0 fully saturated rings. The van der Waals surface area contributed by atoms with Crippen molar-refractivity contribution in [3.63, 3.8) is 0 Å². The van der Waals surface area contributed by atoms with E-state index in [4.69, 9.17) is 0 Å². The third-order valence-electron chi connectivity index (χ3n) is 2.23. The molecule has 14 heavy (non-hydrogen) atoms. The molecule has 0 aliphatic carbocycles. The Morgan fingerprint density at radius 1 is 1.43 bits per heavy atom. The van der Waals surface area contributed by atoms with Crippen molar-refractivity contribution < 1.29 is 9.18 Å². The average Bonchev–Trinajstić information content (AvgIpc) is 2.16. The van der Waals surface area contributed by atoms with Crippen LogP contribution in [0.5, 0.6) is 0 Å². The normalized spacial score (nSPS) is 10.6. The van der Waals surface area contributed by atoms with Crippen molar-refractivity contribution in [3.05, 3.63) is 35.1 Å². The summed E-state index contributed by atoms with van der Waals surface area (Å²) < 4.78 is 13.3. The van der Waals surface area contributed by atoms with Gasteiger partial charge in [-0.3, -0.25) is 0 Å². The Kier molecular flexibility index (Phi) is 3.81. The van der Waals surface area contributed by atoms with E-state index in [2.05, 4.69) is 0 Å². The molecule has 0 amide bonds. The topological polar surface area (TPSA) is 17.1 Å². The first-order valence-corrected chi connectivity index (χ1v) is 4.87. The van der Waals surface area contributed by atoms with Crippen LogP contribution >= 0.6 is 0 Å². The van der Waals surface area contributed by atoms with Crippen LogP contribution in [-0.2, 0) is 11.2 Å². The van der Waals surface area contributed by atoms with E-state index in [0.29, 0.717) is 12.8 Å². The number of rotatable bonds is 4. The van der Waals surface area contributed by atoms with Gasteiger partial charge in [-0.2, -0.15) is 0 Å². The van der Waals surface area contributed by atoms with Gasteiger partial charge in [-0.25, -0.2) is 4.39 Å². The zero-order chi connectivity index (χ0) is 10.6. The number of aryl methyl sites for hydroxylation is 1. The molecule has 1 rings (SSSR count). The predicted octanol–water partition coefficient (Wildman–Crippen LogP) is 3.08. The Balaban J connectivity index is 2.88. The van der Waals surface area contributed by atoms with Gasteiger partial charge in [0.2, 0.25) is 0 Å². The molecule has 0 spiro atoms. The summed E-state index contributed by atoms with van der Waals surface area (Å²) in [7, 11) is 0. The summed E-state index contributed by atoms with van der Waals surface area (Å²) in [4.78, 5) is 10.2. The van der Waals surface area contributed by atoms with Crippen LogP contribution in [0.25, 0.3) is 0 Å². The maximum Gasteiger partial charge on any atom is 0.126 e. The molecular formula is C12H15FO. The van der Waals surface area contributed by atoms with Gasteiger partial charge in [-0.1, -0.05) is 26.0 Å². The molecule has 76 valence electrons. The van der Waals surface area contributed by atoms with Crippen molar-refractivity contribution in [2.24, 2.45) is 0 Å². The van der Waals surface area contributed by atoms with Crippen molar-refractivity contribution in [1.82, 2.24) is 0 Å². The number of carbonyl (C=O) groups is 1. The third kappa shape index (κ3) is 2.66. The molecule has 0 atom stereocenters. The second-order valence-corrected chi connectivity index (χ2v) is 3.72. The Bertz CT molecular complexity index is 318. The standard InChI is InChI=1S/C12H15FO/c1-9(2)11-8-10(4-3-7-14)5-6-12(11)13/h5-9H,3-4H2,1-2H3. The second kappa shape index (κ2) is 4.89. The highest BCUT2D eigenvalue weighted by atomic mass is 19.1. The molecule has 1 aromatic rings.